The molecule has 1 heterocycles. The lowest BCUT2D eigenvalue weighted by molar-refractivity contribution is -0.140. The Kier molecular flexibility index (Phi) is 3.80. The van der Waals surface area contributed by atoms with Gasteiger partial charge in [-0.1, -0.05) is 12.1 Å². The summed E-state index contributed by atoms with van der Waals surface area (Å²) < 4.78 is 0. The minimum atomic E-state index is -0.759. The molecule has 0 unspecified atom stereocenters. The Bertz CT molecular complexity index is 549. The number of amides is 2. The van der Waals surface area contributed by atoms with Crippen LogP contribution in [-0.4, -0.2) is 46.6 Å². The summed E-state index contributed by atoms with van der Waals surface area (Å²) in [6, 6.07) is 7.11. The first-order chi connectivity index (χ1) is 10.1. The predicted octanol–water partition coefficient (Wildman–Crippen LogP) is 2.38. The highest BCUT2D eigenvalue weighted by Gasteiger charge is 2.51. The molecule has 6 heteroatoms. The molecule has 3 rings (SSSR count). The van der Waals surface area contributed by atoms with Crippen LogP contribution in [-0.2, 0) is 10.2 Å². The smallest absolute Gasteiger partial charge is 0.321 e. The maximum atomic E-state index is 12.1. The van der Waals surface area contributed by atoms with Crippen LogP contribution in [0.15, 0.2) is 24.3 Å². The van der Waals surface area contributed by atoms with Gasteiger partial charge in [-0.05, 0) is 30.5 Å². The van der Waals surface area contributed by atoms with Gasteiger partial charge in [0.25, 0.3) is 0 Å². The largest absolute Gasteiger partial charge is 0.481 e. The number of carbonyl (C=O) groups is 2. The van der Waals surface area contributed by atoms with Crippen molar-refractivity contribution in [3.8, 4) is 0 Å². The molecule has 5 nitrogen and oxygen atoms in total. The molecule has 1 saturated carbocycles. The number of rotatable bonds is 3. The van der Waals surface area contributed by atoms with E-state index in [0.717, 1.165) is 30.2 Å². The molecular formula is C15H18N2O3S. The Labute approximate surface area is 127 Å². The predicted molar refractivity (Wildman–Crippen MR) is 82.9 cm³/mol. The molecule has 2 aliphatic rings. The highest BCUT2D eigenvalue weighted by molar-refractivity contribution is 7.99. The molecule has 2 amide bonds. The van der Waals surface area contributed by atoms with Gasteiger partial charge in [-0.25, -0.2) is 4.79 Å². The molecule has 1 aromatic carbocycles. The lowest BCUT2D eigenvalue weighted by Gasteiger charge is -2.26. The highest BCUT2D eigenvalue weighted by atomic mass is 32.2. The van der Waals surface area contributed by atoms with Crippen molar-refractivity contribution in [3.05, 3.63) is 29.8 Å². The van der Waals surface area contributed by atoms with Crippen LogP contribution in [0.2, 0.25) is 0 Å². The lowest BCUT2D eigenvalue weighted by Crippen LogP contribution is -2.40. The molecule has 1 saturated heterocycles. The van der Waals surface area contributed by atoms with Gasteiger partial charge in [0.1, 0.15) is 0 Å². The minimum absolute atomic E-state index is 0.0811. The molecule has 21 heavy (non-hydrogen) atoms. The average molecular weight is 306 g/mol. The normalized spacial score (nSPS) is 19.9. The lowest BCUT2D eigenvalue weighted by atomic mass is 9.96. The molecule has 2 fully saturated rings. The molecule has 0 radical (unpaired) electrons. The summed E-state index contributed by atoms with van der Waals surface area (Å²) in [4.78, 5) is 25.2. The van der Waals surface area contributed by atoms with Crippen LogP contribution in [0.5, 0.6) is 0 Å². The maximum absolute atomic E-state index is 12.1. The molecule has 1 aromatic rings. The number of nitrogens with one attached hydrogen (secondary N) is 1. The Morgan fingerprint density at radius 1 is 1.14 bits per heavy atom. The summed E-state index contributed by atoms with van der Waals surface area (Å²) in [6.07, 6.45) is 1.39. The average Bonchev–Trinajstić information content (AvgIpc) is 3.31. The van der Waals surface area contributed by atoms with Crippen molar-refractivity contribution < 1.29 is 14.7 Å². The van der Waals surface area contributed by atoms with Crippen molar-refractivity contribution in [3.63, 3.8) is 0 Å². The molecule has 112 valence electrons. The SMILES string of the molecule is O=C(Nc1ccc(C2(C(=O)O)CC2)cc1)N1CCSCC1. The van der Waals surface area contributed by atoms with Crippen LogP contribution < -0.4 is 5.32 Å². The maximum Gasteiger partial charge on any atom is 0.321 e. The van der Waals surface area contributed by atoms with Gasteiger partial charge in [0.2, 0.25) is 0 Å². The number of benzene rings is 1. The van der Waals surface area contributed by atoms with Crippen LogP contribution >= 0.6 is 11.8 Å². The van der Waals surface area contributed by atoms with Crippen molar-refractivity contribution in [2.24, 2.45) is 0 Å². The monoisotopic (exact) mass is 306 g/mol. The Morgan fingerprint density at radius 3 is 2.29 bits per heavy atom. The summed E-state index contributed by atoms with van der Waals surface area (Å²) in [5.41, 5.74) is 0.845. The van der Waals surface area contributed by atoms with E-state index < -0.39 is 11.4 Å². The summed E-state index contributed by atoms with van der Waals surface area (Å²) in [6.45, 7) is 1.55. The topological polar surface area (TPSA) is 69.6 Å². The van der Waals surface area contributed by atoms with Gasteiger partial charge in [0.05, 0.1) is 5.41 Å². The van der Waals surface area contributed by atoms with E-state index >= 15 is 0 Å². The molecule has 0 atom stereocenters. The Balaban J connectivity index is 1.65. The van der Waals surface area contributed by atoms with Crippen molar-refractivity contribution in [2.45, 2.75) is 18.3 Å². The fourth-order valence-corrected chi connectivity index (χ4v) is 3.50. The summed E-state index contributed by atoms with van der Waals surface area (Å²) >= 11 is 1.86. The number of carbonyl (C=O) groups excluding carboxylic acids is 1. The van der Waals surface area contributed by atoms with Crippen LogP contribution in [0.25, 0.3) is 0 Å². The van der Waals surface area contributed by atoms with Crippen LogP contribution in [0, 0.1) is 0 Å². The number of anilines is 1. The number of thioether (sulfide) groups is 1. The van der Waals surface area contributed by atoms with Crippen LogP contribution in [0.1, 0.15) is 18.4 Å². The number of nitrogens with zero attached hydrogens (tertiary/aromatic N) is 1. The fraction of sp³-hybridized carbons (Fsp3) is 0.467. The number of carboxylic acids is 1. The highest BCUT2D eigenvalue weighted by Crippen LogP contribution is 2.48. The van der Waals surface area contributed by atoms with Gasteiger partial charge < -0.3 is 15.3 Å². The van der Waals surface area contributed by atoms with Gasteiger partial charge in [-0.2, -0.15) is 11.8 Å². The molecule has 1 aliphatic carbocycles. The van der Waals surface area contributed by atoms with Crippen molar-refractivity contribution >= 4 is 29.4 Å². The zero-order chi connectivity index (χ0) is 14.9. The first kappa shape index (κ1) is 14.3. The number of urea groups is 1. The fourth-order valence-electron chi connectivity index (χ4n) is 2.59. The number of hydrogen-bond donors (Lipinski definition) is 2. The molecular weight excluding hydrogens is 288 g/mol. The first-order valence-corrected chi connectivity index (χ1v) is 8.25. The van der Waals surface area contributed by atoms with Crippen LogP contribution in [0.4, 0.5) is 10.5 Å². The minimum Gasteiger partial charge on any atom is -0.481 e. The van der Waals surface area contributed by atoms with E-state index in [1.807, 2.05) is 28.8 Å². The van der Waals surface area contributed by atoms with Gasteiger partial charge in [-0.3, -0.25) is 4.79 Å². The molecule has 0 bridgehead atoms. The summed E-state index contributed by atoms with van der Waals surface area (Å²) in [5.74, 6) is 1.20. The second kappa shape index (κ2) is 5.60. The molecule has 0 spiro atoms. The zero-order valence-corrected chi connectivity index (χ0v) is 12.5. The van der Waals surface area contributed by atoms with Crippen molar-refractivity contribution in [2.75, 3.05) is 29.9 Å². The van der Waals surface area contributed by atoms with Gasteiger partial charge in [0.15, 0.2) is 0 Å². The van der Waals surface area contributed by atoms with E-state index in [2.05, 4.69) is 5.32 Å². The van der Waals surface area contributed by atoms with Gasteiger partial charge in [0, 0.05) is 30.3 Å². The van der Waals surface area contributed by atoms with Crippen molar-refractivity contribution in [1.29, 1.82) is 0 Å². The van der Waals surface area contributed by atoms with Gasteiger partial charge >= 0.3 is 12.0 Å². The second-order valence-corrected chi connectivity index (χ2v) is 6.72. The molecule has 1 aliphatic heterocycles. The number of hydrogen-bond acceptors (Lipinski definition) is 3. The van der Waals surface area contributed by atoms with Crippen LogP contribution in [0.3, 0.4) is 0 Å². The summed E-state index contributed by atoms with van der Waals surface area (Å²) in [7, 11) is 0. The van der Waals surface area contributed by atoms with Crippen molar-refractivity contribution in [1.82, 2.24) is 4.90 Å². The standard InChI is InChI=1S/C15H18N2O3S/c18-13(19)15(5-6-15)11-1-3-12(4-2-11)16-14(20)17-7-9-21-10-8-17/h1-4H,5-10H2,(H,16,20)(H,18,19). The number of aliphatic carboxylic acids is 1. The van der Waals surface area contributed by atoms with E-state index in [-0.39, 0.29) is 6.03 Å². The van der Waals surface area contributed by atoms with E-state index in [0.29, 0.717) is 18.5 Å². The summed E-state index contributed by atoms with van der Waals surface area (Å²) in [5, 5.41) is 12.1. The third kappa shape index (κ3) is 2.85. The van der Waals surface area contributed by atoms with Gasteiger partial charge in [-0.15, -0.1) is 0 Å². The van der Waals surface area contributed by atoms with E-state index in [1.165, 1.54) is 0 Å². The first-order valence-electron chi connectivity index (χ1n) is 7.09. The Morgan fingerprint density at radius 2 is 1.76 bits per heavy atom. The third-order valence-corrected chi connectivity index (χ3v) is 5.09. The van der Waals surface area contributed by atoms with E-state index in [4.69, 9.17) is 0 Å². The quantitative estimate of drug-likeness (QED) is 0.899. The van der Waals surface area contributed by atoms with E-state index in [9.17, 15) is 14.7 Å². The molecule has 0 aromatic heterocycles. The third-order valence-electron chi connectivity index (χ3n) is 4.15. The number of carboxylic acid groups (broad SMARTS) is 1. The molecule has 2 N–H and O–H groups in total. The zero-order valence-electron chi connectivity index (χ0n) is 11.7. The van der Waals surface area contributed by atoms with E-state index in [1.54, 1.807) is 12.1 Å². The Hall–Kier alpha value is -1.69. The second-order valence-electron chi connectivity index (χ2n) is 5.49.